The summed E-state index contributed by atoms with van der Waals surface area (Å²) in [5.41, 5.74) is 0. The summed E-state index contributed by atoms with van der Waals surface area (Å²) in [7, 11) is 0. The number of morpholine rings is 1. The van der Waals surface area contributed by atoms with Gasteiger partial charge in [0, 0.05) is 45.3 Å². The van der Waals surface area contributed by atoms with Crippen molar-refractivity contribution in [2.24, 2.45) is 11.8 Å². The molecular formula is C13H24ClN3O2. The molecule has 110 valence electrons. The number of nitrogens with zero attached hydrogens (tertiary/aromatic N) is 2. The number of ether oxygens (including phenoxy) is 1. The molecule has 2 unspecified atom stereocenters. The Balaban J connectivity index is 0.00000133. The van der Waals surface area contributed by atoms with E-state index in [-0.39, 0.29) is 18.3 Å². The molecule has 19 heavy (non-hydrogen) atoms. The molecule has 0 aliphatic carbocycles. The zero-order valence-electron chi connectivity index (χ0n) is 11.5. The molecule has 3 aliphatic rings. The number of carbonyl (C=O) groups excluding carboxylic acids is 1. The van der Waals surface area contributed by atoms with Crippen LogP contribution >= 0.6 is 12.4 Å². The van der Waals surface area contributed by atoms with Crippen molar-refractivity contribution < 1.29 is 9.53 Å². The van der Waals surface area contributed by atoms with Gasteiger partial charge in [-0.05, 0) is 5.92 Å². The van der Waals surface area contributed by atoms with Crippen LogP contribution in [0.15, 0.2) is 0 Å². The number of rotatable bonds is 2. The molecule has 3 saturated heterocycles. The lowest BCUT2D eigenvalue weighted by atomic mass is 10.0. The first kappa shape index (κ1) is 15.0. The van der Waals surface area contributed by atoms with Crippen LogP contribution in [0.3, 0.4) is 0 Å². The highest BCUT2D eigenvalue weighted by Crippen LogP contribution is 2.24. The Bertz CT molecular complexity index is 319. The topological polar surface area (TPSA) is 44.8 Å². The second kappa shape index (κ2) is 6.39. The number of hydrogen-bond donors (Lipinski definition) is 1. The van der Waals surface area contributed by atoms with E-state index in [1.54, 1.807) is 0 Å². The number of amides is 1. The fraction of sp³-hybridized carbons (Fsp3) is 0.923. The molecule has 5 nitrogen and oxygen atoms in total. The van der Waals surface area contributed by atoms with E-state index in [1.807, 2.05) is 0 Å². The van der Waals surface area contributed by atoms with E-state index in [2.05, 4.69) is 22.0 Å². The van der Waals surface area contributed by atoms with E-state index < -0.39 is 0 Å². The van der Waals surface area contributed by atoms with Crippen LogP contribution in [0.1, 0.15) is 6.92 Å². The normalized spacial score (nSPS) is 32.8. The average Bonchev–Trinajstić information content (AvgIpc) is 2.70. The van der Waals surface area contributed by atoms with Gasteiger partial charge in [-0.25, -0.2) is 0 Å². The van der Waals surface area contributed by atoms with E-state index >= 15 is 0 Å². The molecule has 0 aromatic carbocycles. The Morgan fingerprint density at radius 1 is 1.21 bits per heavy atom. The molecule has 3 rings (SSSR count). The lowest BCUT2D eigenvalue weighted by molar-refractivity contribution is -0.136. The van der Waals surface area contributed by atoms with Gasteiger partial charge < -0.3 is 15.0 Å². The van der Waals surface area contributed by atoms with Crippen LogP contribution in [0.25, 0.3) is 0 Å². The van der Waals surface area contributed by atoms with E-state index in [4.69, 9.17) is 4.74 Å². The lowest BCUT2D eigenvalue weighted by Gasteiger charge is -2.34. The molecule has 0 radical (unpaired) electrons. The summed E-state index contributed by atoms with van der Waals surface area (Å²) in [6.45, 7) is 9.55. The molecule has 0 aromatic rings. The minimum atomic E-state index is 0. The van der Waals surface area contributed by atoms with Crippen LogP contribution in [0, 0.1) is 11.8 Å². The zero-order valence-corrected chi connectivity index (χ0v) is 12.3. The molecule has 1 N–H and O–H groups in total. The standard InChI is InChI=1S/C13H23N3O2.ClH/c1-10-8-16(13(17)11-6-14-7-11)9-12(10)15-2-4-18-5-3-15;/h10-12,14H,2-9H2,1H3;1H. The number of hydrogen-bond acceptors (Lipinski definition) is 4. The van der Waals surface area contributed by atoms with Crippen molar-refractivity contribution in [2.45, 2.75) is 13.0 Å². The Labute approximate surface area is 121 Å². The van der Waals surface area contributed by atoms with Gasteiger partial charge in [0.1, 0.15) is 0 Å². The van der Waals surface area contributed by atoms with Crippen molar-refractivity contribution in [3.05, 3.63) is 0 Å². The first-order chi connectivity index (χ1) is 8.75. The van der Waals surface area contributed by atoms with Gasteiger partial charge in [0.2, 0.25) is 5.91 Å². The van der Waals surface area contributed by atoms with Gasteiger partial charge in [0.25, 0.3) is 0 Å². The third-order valence-electron chi connectivity index (χ3n) is 4.53. The second-order valence-corrected chi connectivity index (χ2v) is 5.79. The first-order valence-corrected chi connectivity index (χ1v) is 7.07. The molecule has 1 amide bonds. The summed E-state index contributed by atoms with van der Waals surface area (Å²) in [4.78, 5) is 16.8. The Morgan fingerprint density at radius 2 is 1.89 bits per heavy atom. The van der Waals surface area contributed by atoms with Gasteiger partial charge in [-0.3, -0.25) is 9.69 Å². The summed E-state index contributed by atoms with van der Waals surface area (Å²) in [6, 6.07) is 0.533. The molecule has 3 fully saturated rings. The smallest absolute Gasteiger partial charge is 0.228 e. The van der Waals surface area contributed by atoms with Gasteiger partial charge in [0.05, 0.1) is 19.1 Å². The third-order valence-corrected chi connectivity index (χ3v) is 4.53. The highest BCUT2D eigenvalue weighted by molar-refractivity contribution is 5.85. The van der Waals surface area contributed by atoms with Crippen molar-refractivity contribution in [3.8, 4) is 0 Å². The second-order valence-electron chi connectivity index (χ2n) is 5.79. The molecule has 3 heterocycles. The molecule has 3 aliphatic heterocycles. The van der Waals surface area contributed by atoms with Gasteiger partial charge in [-0.15, -0.1) is 12.4 Å². The summed E-state index contributed by atoms with van der Waals surface area (Å²) in [5, 5.41) is 3.18. The maximum Gasteiger partial charge on any atom is 0.228 e. The van der Waals surface area contributed by atoms with Crippen LogP contribution in [-0.4, -0.2) is 74.2 Å². The molecular weight excluding hydrogens is 266 g/mol. The maximum atomic E-state index is 12.2. The lowest BCUT2D eigenvalue weighted by Crippen LogP contribution is -2.52. The van der Waals surface area contributed by atoms with E-state index in [0.717, 1.165) is 52.5 Å². The molecule has 0 spiro atoms. The Morgan fingerprint density at radius 3 is 2.47 bits per heavy atom. The quantitative estimate of drug-likeness (QED) is 0.765. The SMILES string of the molecule is CC1CN(C(=O)C2CNC2)CC1N1CCOCC1.Cl. The Kier molecular flexibility index (Phi) is 5.06. The minimum Gasteiger partial charge on any atom is -0.379 e. The summed E-state index contributed by atoms with van der Waals surface area (Å²) in [5.74, 6) is 1.18. The van der Waals surface area contributed by atoms with E-state index in [0.29, 0.717) is 17.9 Å². The summed E-state index contributed by atoms with van der Waals surface area (Å²) >= 11 is 0. The fourth-order valence-corrected chi connectivity index (χ4v) is 3.24. The van der Waals surface area contributed by atoms with Crippen LogP contribution < -0.4 is 5.32 Å². The van der Waals surface area contributed by atoms with Crippen molar-refractivity contribution in [1.82, 2.24) is 15.1 Å². The summed E-state index contributed by atoms with van der Waals surface area (Å²) in [6.07, 6.45) is 0. The molecule has 0 saturated carbocycles. The third kappa shape index (κ3) is 3.05. The number of nitrogens with one attached hydrogen (secondary N) is 1. The monoisotopic (exact) mass is 289 g/mol. The van der Waals surface area contributed by atoms with Crippen LogP contribution in [-0.2, 0) is 9.53 Å². The zero-order chi connectivity index (χ0) is 12.5. The number of carbonyl (C=O) groups is 1. The van der Waals surface area contributed by atoms with Gasteiger partial charge >= 0.3 is 0 Å². The molecule has 2 atom stereocenters. The van der Waals surface area contributed by atoms with Crippen LogP contribution in [0.2, 0.25) is 0 Å². The highest BCUT2D eigenvalue weighted by Gasteiger charge is 2.39. The van der Waals surface area contributed by atoms with Crippen molar-refractivity contribution in [1.29, 1.82) is 0 Å². The number of likely N-dealkylation sites (tertiary alicyclic amines) is 1. The van der Waals surface area contributed by atoms with Gasteiger partial charge in [-0.2, -0.15) is 0 Å². The molecule has 0 bridgehead atoms. The first-order valence-electron chi connectivity index (χ1n) is 7.07. The van der Waals surface area contributed by atoms with Crippen molar-refractivity contribution in [2.75, 3.05) is 52.5 Å². The predicted molar refractivity (Wildman–Crippen MR) is 75.5 cm³/mol. The van der Waals surface area contributed by atoms with Gasteiger partial charge in [0.15, 0.2) is 0 Å². The average molecular weight is 290 g/mol. The molecule has 0 aromatic heterocycles. The fourth-order valence-electron chi connectivity index (χ4n) is 3.24. The predicted octanol–water partition coefficient (Wildman–Crippen LogP) is -0.193. The van der Waals surface area contributed by atoms with Crippen LogP contribution in [0.4, 0.5) is 0 Å². The van der Waals surface area contributed by atoms with E-state index in [1.165, 1.54) is 0 Å². The van der Waals surface area contributed by atoms with Crippen LogP contribution in [0.5, 0.6) is 0 Å². The highest BCUT2D eigenvalue weighted by atomic mass is 35.5. The largest absolute Gasteiger partial charge is 0.379 e. The molecule has 6 heteroatoms. The van der Waals surface area contributed by atoms with Crippen molar-refractivity contribution in [3.63, 3.8) is 0 Å². The maximum absolute atomic E-state index is 12.2. The van der Waals surface area contributed by atoms with Crippen molar-refractivity contribution >= 4 is 18.3 Å². The van der Waals surface area contributed by atoms with Gasteiger partial charge in [-0.1, -0.05) is 6.92 Å². The minimum absolute atomic E-state index is 0. The summed E-state index contributed by atoms with van der Waals surface area (Å²) < 4.78 is 5.40. The van der Waals surface area contributed by atoms with E-state index in [9.17, 15) is 4.79 Å². The Hall–Kier alpha value is -0.360. The number of halogens is 1.